The first-order valence-electron chi connectivity index (χ1n) is 9.34. The van der Waals surface area contributed by atoms with Gasteiger partial charge in [-0.3, -0.25) is 4.99 Å². The third-order valence-electron chi connectivity index (χ3n) is 5.36. The highest BCUT2D eigenvalue weighted by molar-refractivity contribution is 6.01. The van der Waals surface area contributed by atoms with E-state index in [2.05, 4.69) is 81.8 Å². The second-order valence-corrected chi connectivity index (χ2v) is 7.62. The maximum atomic E-state index is 4.72. The van der Waals surface area contributed by atoms with Crippen molar-refractivity contribution in [1.29, 1.82) is 0 Å². The fourth-order valence-electron chi connectivity index (χ4n) is 3.62. The molecule has 27 heavy (non-hydrogen) atoms. The number of hydrogen-bond acceptors (Lipinski definition) is 2. The first-order chi connectivity index (χ1) is 12.8. The van der Waals surface area contributed by atoms with Gasteiger partial charge in [0.15, 0.2) is 0 Å². The van der Waals surface area contributed by atoms with Crippen LogP contribution in [0.5, 0.6) is 0 Å². The van der Waals surface area contributed by atoms with Gasteiger partial charge in [-0.15, -0.1) is 0 Å². The smallest absolute Gasteiger partial charge is 0.0662 e. The minimum absolute atomic E-state index is 0.0126. The average molecular weight is 357 g/mol. The molecule has 2 heteroatoms. The molecule has 0 amide bonds. The molecule has 0 radical (unpaired) electrons. The van der Waals surface area contributed by atoms with Gasteiger partial charge in [-0.25, -0.2) is 0 Å². The summed E-state index contributed by atoms with van der Waals surface area (Å²) in [6.45, 7) is 12.8. The summed E-state index contributed by atoms with van der Waals surface area (Å²) in [7, 11) is 2.13. The normalized spacial score (nSPS) is 17.6. The number of likely N-dealkylation sites (N-methyl/N-ethyl adjacent to an activating group) is 1. The van der Waals surface area contributed by atoms with E-state index in [-0.39, 0.29) is 5.41 Å². The minimum Gasteiger partial charge on any atom is -0.347 e. The van der Waals surface area contributed by atoms with Crippen molar-refractivity contribution in [2.45, 2.75) is 33.1 Å². The summed E-state index contributed by atoms with van der Waals surface area (Å²) in [5, 5.41) is 0. The van der Waals surface area contributed by atoms with Gasteiger partial charge in [0.2, 0.25) is 0 Å². The molecule has 3 rings (SSSR count). The average Bonchev–Trinajstić information content (AvgIpc) is 2.84. The van der Waals surface area contributed by atoms with Gasteiger partial charge in [0.1, 0.15) is 0 Å². The third kappa shape index (κ3) is 3.66. The third-order valence-corrected chi connectivity index (χ3v) is 5.36. The number of aryl methyl sites for hydroxylation is 1. The van der Waals surface area contributed by atoms with E-state index in [4.69, 9.17) is 4.99 Å². The first kappa shape index (κ1) is 18.9. The molecule has 138 valence electrons. The summed E-state index contributed by atoms with van der Waals surface area (Å²) in [5.74, 6) is 0. The predicted molar refractivity (Wildman–Crippen MR) is 118 cm³/mol. The van der Waals surface area contributed by atoms with Gasteiger partial charge in [-0.2, -0.15) is 0 Å². The van der Waals surface area contributed by atoms with E-state index in [1.54, 1.807) is 0 Å². The fourth-order valence-corrected chi connectivity index (χ4v) is 3.62. The molecule has 2 nitrogen and oxygen atoms in total. The molecular formula is C25H28N2. The Morgan fingerprint density at radius 2 is 1.74 bits per heavy atom. The van der Waals surface area contributed by atoms with Crippen LogP contribution < -0.4 is 4.90 Å². The lowest BCUT2D eigenvalue weighted by atomic mass is 9.84. The van der Waals surface area contributed by atoms with E-state index in [1.165, 1.54) is 22.5 Å². The van der Waals surface area contributed by atoms with Crippen LogP contribution in [-0.4, -0.2) is 12.8 Å². The van der Waals surface area contributed by atoms with E-state index in [0.29, 0.717) is 0 Å². The summed E-state index contributed by atoms with van der Waals surface area (Å²) in [4.78, 5) is 6.99. The largest absolute Gasteiger partial charge is 0.347 e. The Balaban J connectivity index is 1.81. The molecule has 0 bridgehead atoms. The van der Waals surface area contributed by atoms with Gasteiger partial charge in [-0.05, 0) is 48.8 Å². The predicted octanol–water partition coefficient (Wildman–Crippen LogP) is 6.51. The highest BCUT2D eigenvalue weighted by atomic mass is 15.2. The number of rotatable bonds is 4. The fraction of sp³-hybridized carbons (Fsp3) is 0.240. The lowest BCUT2D eigenvalue weighted by Crippen LogP contribution is -2.22. The summed E-state index contributed by atoms with van der Waals surface area (Å²) < 4.78 is 0. The molecule has 2 aromatic carbocycles. The first-order valence-corrected chi connectivity index (χ1v) is 9.34. The molecule has 1 heterocycles. The number of benzene rings is 2. The maximum Gasteiger partial charge on any atom is 0.0662 e. The second-order valence-electron chi connectivity index (χ2n) is 7.62. The van der Waals surface area contributed by atoms with Gasteiger partial charge in [-0.1, -0.05) is 69.0 Å². The van der Waals surface area contributed by atoms with E-state index in [1.807, 2.05) is 31.2 Å². The van der Waals surface area contributed by atoms with Crippen LogP contribution >= 0.6 is 0 Å². The van der Waals surface area contributed by atoms with Crippen molar-refractivity contribution in [1.82, 2.24) is 0 Å². The highest BCUT2D eigenvalue weighted by Gasteiger charge is 2.37. The Morgan fingerprint density at radius 1 is 1.07 bits per heavy atom. The molecule has 0 spiro atoms. The van der Waals surface area contributed by atoms with Gasteiger partial charge >= 0.3 is 0 Å². The van der Waals surface area contributed by atoms with Crippen LogP contribution in [0.4, 0.5) is 11.4 Å². The summed E-state index contributed by atoms with van der Waals surface area (Å²) >= 11 is 0. The zero-order valence-electron chi connectivity index (χ0n) is 17.0. The minimum atomic E-state index is -0.0126. The Bertz CT molecular complexity index is 958. The van der Waals surface area contributed by atoms with Crippen LogP contribution in [0.2, 0.25) is 0 Å². The summed E-state index contributed by atoms with van der Waals surface area (Å²) in [6, 6.07) is 16.8. The zero-order valence-corrected chi connectivity index (χ0v) is 17.0. The number of fused-ring (bicyclic) bond motifs is 1. The van der Waals surface area contributed by atoms with Crippen LogP contribution in [0.3, 0.4) is 0 Å². The number of anilines is 1. The van der Waals surface area contributed by atoms with Crippen molar-refractivity contribution in [2.75, 3.05) is 11.9 Å². The number of allylic oxidation sites excluding steroid dienone is 5. The van der Waals surface area contributed by atoms with Gasteiger partial charge in [0.05, 0.1) is 5.69 Å². The van der Waals surface area contributed by atoms with Crippen LogP contribution in [0, 0.1) is 6.92 Å². The molecule has 0 fully saturated rings. The Hall–Kier alpha value is -2.87. The van der Waals surface area contributed by atoms with Crippen molar-refractivity contribution in [3.05, 3.63) is 95.7 Å². The second kappa shape index (κ2) is 7.40. The van der Waals surface area contributed by atoms with Crippen molar-refractivity contribution in [2.24, 2.45) is 4.99 Å². The lowest BCUT2D eigenvalue weighted by molar-refractivity contribution is 0.640. The number of aliphatic imine (C=N–C) groups is 1. The Kier molecular flexibility index (Phi) is 5.18. The van der Waals surface area contributed by atoms with Crippen LogP contribution in [0.25, 0.3) is 0 Å². The molecule has 0 saturated carbocycles. The van der Waals surface area contributed by atoms with Crippen LogP contribution in [-0.2, 0) is 5.41 Å². The van der Waals surface area contributed by atoms with Gasteiger partial charge < -0.3 is 4.90 Å². The SMILES string of the molecule is C=C(/C=C/C=C1/N(C)c2ccccc2C1(C)C)C(C)=Nc1ccccc1C. The molecule has 0 saturated heterocycles. The number of nitrogens with zero attached hydrogens (tertiary/aromatic N) is 2. The number of hydrogen-bond donors (Lipinski definition) is 0. The Labute approximate surface area is 163 Å². The molecule has 0 N–H and O–H groups in total. The van der Waals surface area contributed by atoms with E-state index in [0.717, 1.165) is 17.0 Å². The molecule has 2 aromatic rings. The quantitative estimate of drug-likeness (QED) is 0.450. The molecule has 0 aromatic heterocycles. The lowest BCUT2D eigenvalue weighted by Gasteiger charge is -2.23. The summed E-state index contributed by atoms with van der Waals surface area (Å²) in [6.07, 6.45) is 6.31. The molecular weight excluding hydrogens is 328 g/mol. The van der Waals surface area contributed by atoms with E-state index in [9.17, 15) is 0 Å². The van der Waals surface area contributed by atoms with Crippen molar-refractivity contribution >= 4 is 17.1 Å². The Morgan fingerprint density at radius 3 is 2.44 bits per heavy atom. The van der Waals surface area contributed by atoms with Crippen LogP contribution in [0.15, 0.2) is 89.6 Å². The molecule has 0 unspecified atom stereocenters. The molecule has 1 aliphatic heterocycles. The number of para-hydroxylation sites is 2. The van der Waals surface area contributed by atoms with Crippen molar-refractivity contribution in [3.63, 3.8) is 0 Å². The maximum absolute atomic E-state index is 4.72. The monoisotopic (exact) mass is 356 g/mol. The highest BCUT2D eigenvalue weighted by Crippen LogP contribution is 2.46. The topological polar surface area (TPSA) is 15.6 Å². The standard InChI is InChI=1S/C25H28N2/c1-18(20(3)26-22-15-9-7-12-19(22)2)13-11-17-24-25(4,5)21-14-8-10-16-23(21)27(24)6/h7-17H,1H2,2-6H3/b13-11+,24-17+,26-20?. The molecule has 1 aliphatic rings. The zero-order chi connectivity index (χ0) is 19.6. The molecule has 0 atom stereocenters. The van der Waals surface area contributed by atoms with Crippen LogP contribution in [0.1, 0.15) is 31.9 Å². The van der Waals surface area contributed by atoms with Crippen molar-refractivity contribution in [3.8, 4) is 0 Å². The van der Waals surface area contributed by atoms with E-state index >= 15 is 0 Å². The summed E-state index contributed by atoms with van der Waals surface area (Å²) in [5.41, 5.74) is 7.93. The van der Waals surface area contributed by atoms with Gasteiger partial charge in [0.25, 0.3) is 0 Å². The van der Waals surface area contributed by atoms with Crippen molar-refractivity contribution < 1.29 is 0 Å². The van der Waals surface area contributed by atoms with Gasteiger partial charge in [0, 0.05) is 29.6 Å². The van der Waals surface area contributed by atoms with E-state index < -0.39 is 0 Å². The molecule has 0 aliphatic carbocycles.